The molecular formula is C11H10O4. The topological polar surface area (TPSA) is 63.6 Å². The zero-order valence-electron chi connectivity index (χ0n) is 8.40. The van der Waals surface area contributed by atoms with Crippen LogP contribution in [0.5, 0.6) is 0 Å². The van der Waals surface area contributed by atoms with Gasteiger partial charge in [0.05, 0.1) is 11.1 Å². The fourth-order valence-electron chi connectivity index (χ4n) is 1.79. The summed E-state index contributed by atoms with van der Waals surface area (Å²) in [6, 6.07) is 4.74. The molecule has 0 amide bonds. The SMILES string of the molecule is CC1(C)OC(=O)c2c(C(=O)O)cccc21. The molecule has 78 valence electrons. The van der Waals surface area contributed by atoms with Crippen LogP contribution in [0.25, 0.3) is 0 Å². The van der Waals surface area contributed by atoms with E-state index in [0.717, 1.165) is 0 Å². The molecule has 0 fully saturated rings. The van der Waals surface area contributed by atoms with Gasteiger partial charge in [0, 0.05) is 5.56 Å². The normalized spacial score (nSPS) is 17.1. The Kier molecular flexibility index (Phi) is 1.83. The Hall–Kier alpha value is -1.84. The molecule has 4 nitrogen and oxygen atoms in total. The Morgan fingerprint density at radius 3 is 2.67 bits per heavy atom. The number of rotatable bonds is 1. The first kappa shape index (κ1) is 9.71. The number of hydrogen-bond acceptors (Lipinski definition) is 3. The second kappa shape index (κ2) is 2.82. The zero-order chi connectivity index (χ0) is 11.2. The number of carbonyl (C=O) groups is 2. The molecular weight excluding hydrogens is 196 g/mol. The van der Waals surface area contributed by atoms with Crippen LogP contribution in [0.4, 0.5) is 0 Å². The average Bonchev–Trinajstić information content (AvgIpc) is 2.37. The Morgan fingerprint density at radius 2 is 2.07 bits per heavy atom. The third-order valence-electron chi connectivity index (χ3n) is 2.50. The number of carbonyl (C=O) groups excluding carboxylic acids is 1. The molecule has 0 saturated carbocycles. The van der Waals surface area contributed by atoms with Gasteiger partial charge in [-0.25, -0.2) is 9.59 Å². The number of carboxylic acids is 1. The number of hydrogen-bond donors (Lipinski definition) is 1. The van der Waals surface area contributed by atoms with Gasteiger partial charge in [0.15, 0.2) is 0 Å². The number of carboxylic acid groups (broad SMARTS) is 1. The van der Waals surface area contributed by atoms with E-state index >= 15 is 0 Å². The van der Waals surface area contributed by atoms with Crippen molar-refractivity contribution in [2.75, 3.05) is 0 Å². The minimum Gasteiger partial charge on any atom is -0.478 e. The first-order valence-electron chi connectivity index (χ1n) is 4.53. The van der Waals surface area contributed by atoms with Crippen LogP contribution in [0.1, 0.15) is 40.1 Å². The van der Waals surface area contributed by atoms with E-state index in [1.165, 1.54) is 6.07 Å². The van der Waals surface area contributed by atoms with Gasteiger partial charge in [-0.05, 0) is 19.9 Å². The van der Waals surface area contributed by atoms with E-state index in [-0.39, 0.29) is 11.1 Å². The van der Waals surface area contributed by atoms with Crippen LogP contribution in [0, 0.1) is 0 Å². The molecule has 0 bridgehead atoms. The standard InChI is InChI=1S/C11H10O4/c1-11(2)7-5-3-4-6(9(12)13)8(7)10(14)15-11/h3-5H,1-2H3,(H,12,13). The smallest absolute Gasteiger partial charge is 0.340 e. The Balaban J connectivity index is 2.73. The van der Waals surface area contributed by atoms with Gasteiger partial charge >= 0.3 is 11.9 Å². The van der Waals surface area contributed by atoms with Crippen LogP contribution in [0.2, 0.25) is 0 Å². The van der Waals surface area contributed by atoms with Crippen LogP contribution in [-0.2, 0) is 10.3 Å². The molecule has 4 heteroatoms. The quantitative estimate of drug-likeness (QED) is 0.711. The van der Waals surface area contributed by atoms with Crippen molar-refractivity contribution in [1.82, 2.24) is 0 Å². The lowest BCUT2D eigenvalue weighted by Gasteiger charge is -2.17. The lowest BCUT2D eigenvalue weighted by molar-refractivity contribution is 0.00939. The highest BCUT2D eigenvalue weighted by Gasteiger charge is 2.40. The number of ether oxygens (including phenoxy) is 1. The molecule has 0 radical (unpaired) electrons. The van der Waals surface area contributed by atoms with Crippen LogP contribution in [-0.4, -0.2) is 17.0 Å². The van der Waals surface area contributed by atoms with Crippen molar-refractivity contribution < 1.29 is 19.4 Å². The summed E-state index contributed by atoms with van der Waals surface area (Å²) >= 11 is 0. The van der Waals surface area contributed by atoms with Crippen LogP contribution in [0.15, 0.2) is 18.2 Å². The van der Waals surface area contributed by atoms with Gasteiger partial charge in [-0.3, -0.25) is 0 Å². The minimum absolute atomic E-state index is 0.00285. The van der Waals surface area contributed by atoms with Crippen molar-refractivity contribution in [3.8, 4) is 0 Å². The Morgan fingerprint density at radius 1 is 1.40 bits per heavy atom. The summed E-state index contributed by atoms with van der Waals surface area (Å²) in [4.78, 5) is 22.4. The van der Waals surface area contributed by atoms with Gasteiger partial charge in [0.2, 0.25) is 0 Å². The number of aromatic carboxylic acids is 1. The van der Waals surface area contributed by atoms with Crippen molar-refractivity contribution in [3.63, 3.8) is 0 Å². The lowest BCUT2D eigenvalue weighted by Crippen LogP contribution is -2.15. The van der Waals surface area contributed by atoms with Crippen molar-refractivity contribution in [2.24, 2.45) is 0 Å². The predicted molar refractivity (Wildman–Crippen MR) is 51.8 cm³/mol. The van der Waals surface area contributed by atoms with Gasteiger partial charge in [-0.2, -0.15) is 0 Å². The maximum atomic E-state index is 11.5. The summed E-state index contributed by atoms with van der Waals surface area (Å²) in [5, 5.41) is 8.93. The van der Waals surface area contributed by atoms with E-state index in [0.29, 0.717) is 5.56 Å². The second-order valence-electron chi connectivity index (χ2n) is 3.93. The van der Waals surface area contributed by atoms with E-state index in [2.05, 4.69) is 0 Å². The summed E-state index contributed by atoms with van der Waals surface area (Å²) in [5.41, 5.74) is 0.0724. The molecule has 0 saturated heterocycles. The fourth-order valence-corrected chi connectivity index (χ4v) is 1.79. The summed E-state index contributed by atoms with van der Waals surface area (Å²) in [6.45, 7) is 3.48. The summed E-state index contributed by atoms with van der Waals surface area (Å²) in [7, 11) is 0. The molecule has 1 aliphatic rings. The monoisotopic (exact) mass is 206 g/mol. The molecule has 0 spiro atoms. The summed E-state index contributed by atoms with van der Waals surface area (Å²) < 4.78 is 5.11. The lowest BCUT2D eigenvalue weighted by atomic mass is 9.93. The van der Waals surface area contributed by atoms with Crippen molar-refractivity contribution >= 4 is 11.9 Å². The van der Waals surface area contributed by atoms with Gasteiger partial charge in [-0.1, -0.05) is 12.1 Å². The maximum Gasteiger partial charge on any atom is 0.340 e. The minimum atomic E-state index is -1.11. The van der Waals surface area contributed by atoms with Crippen LogP contribution in [0.3, 0.4) is 0 Å². The second-order valence-corrected chi connectivity index (χ2v) is 3.93. The molecule has 1 heterocycles. The van der Waals surface area contributed by atoms with Crippen molar-refractivity contribution in [1.29, 1.82) is 0 Å². The highest BCUT2D eigenvalue weighted by atomic mass is 16.6. The van der Waals surface area contributed by atoms with E-state index in [9.17, 15) is 9.59 Å². The Labute approximate surface area is 86.5 Å². The summed E-state index contributed by atoms with van der Waals surface area (Å²) in [5.74, 6) is -1.67. The van der Waals surface area contributed by atoms with E-state index in [4.69, 9.17) is 9.84 Å². The third-order valence-corrected chi connectivity index (χ3v) is 2.50. The highest BCUT2D eigenvalue weighted by Crippen LogP contribution is 2.37. The molecule has 1 aromatic carbocycles. The molecule has 1 N–H and O–H groups in total. The summed E-state index contributed by atoms with van der Waals surface area (Å²) in [6.07, 6.45) is 0. The highest BCUT2D eigenvalue weighted by molar-refractivity contribution is 6.05. The number of esters is 1. The molecule has 0 aromatic heterocycles. The van der Waals surface area contributed by atoms with Crippen LogP contribution < -0.4 is 0 Å². The van der Waals surface area contributed by atoms with E-state index in [1.807, 2.05) is 0 Å². The average molecular weight is 206 g/mol. The van der Waals surface area contributed by atoms with E-state index in [1.54, 1.807) is 26.0 Å². The van der Waals surface area contributed by atoms with Crippen LogP contribution >= 0.6 is 0 Å². The predicted octanol–water partition coefficient (Wildman–Crippen LogP) is 1.79. The first-order valence-corrected chi connectivity index (χ1v) is 4.53. The van der Waals surface area contributed by atoms with Gasteiger partial charge < -0.3 is 9.84 Å². The number of benzene rings is 1. The first-order chi connectivity index (χ1) is 6.93. The maximum absolute atomic E-state index is 11.5. The van der Waals surface area contributed by atoms with Gasteiger partial charge in [0.1, 0.15) is 5.60 Å². The number of fused-ring (bicyclic) bond motifs is 1. The van der Waals surface area contributed by atoms with Crippen molar-refractivity contribution in [3.05, 3.63) is 34.9 Å². The number of cyclic esters (lactones) is 1. The molecule has 0 atom stereocenters. The third kappa shape index (κ3) is 1.29. The molecule has 0 unspecified atom stereocenters. The molecule has 2 rings (SSSR count). The fraction of sp³-hybridized carbons (Fsp3) is 0.273. The molecule has 1 aliphatic heterocycles. The largest absolute Gasteiger partial charge is 0.478 e. The molecule has 15 heavy (non-hydrogen) atoms. The molecule has 0 aliphatic carbocycles. The van der Waals surface area contributed by atoms with Gasteiger partial charge in [0.25, 0.3) is 0 Å². The Bertz CT molecular complexity index is 460. The van der Waals surface area contributed by atoms with E-state index < -0.39 is 17.5 Å². The van der Waals surface area contributed by atoms with Crippen molar-refractivity contribution in [2.45, 2.75) is 19.4 Å². The molecule has 1 aromatic rings. The zero-order valence-corrected chi connectivity index (χ0v) is 8.40. The van der Waals surface area contributed by atoms with Gasteiger partial charge in [-0.15, -0.1) is 0 Å².